The van der Waals surface area contributed by atoms with Gasteiger partial charge in [-0.1, -0.05) is 33.9 Å². The molecule has 0 aliphatic rings. The van der Waals surface area contributed by atoms with E-state index in [0.717, 1.165) is 0 Å². The zero-order valence-corrected chi connectivity index (χ0v) is 11.0. The van der Waals surface area contributed by atoms with Crippen LogP contribution in [0.15, 0.2) is 0 Å². The van der Waals surface area contributed by atoms with Gasteiger partial charge in [0.2, 0.25) is 0 Å². The highest BCUT2D eigenvalue weighted by molar-refractivity contribution is 6.77. The first-order chi connectivity index (χ1) is 4.96. The first-order valence-electron chi connectivity index (χ1n) is 4.75. The van der Waals surface area contributed by atoms with Crippen LogP contribution in [0.1, 0.15) is 41.5 Å². The monoisotopic (exact) mass is 187 g/mol. The van der Waals surface area contributed by atoms with Crippen LogP contribution >= 0.6 is 0 Å². The lowest BCUT2D eigenvalue weighted by atomic mass is 10.1. The fraction of sp³-hybridized carbons (Fsp3) is 1.00. The molecular weight excluding hydrogens is 162 g/mol. The summed E-state index contributed by atoms with van der Waals surface area (Å²) >= 11 is 0. The molecule has 0 unspecified atom stereocenters. The largest absolute Gasteiger partial charge is 0.332 e. The SMILES string of the molecule is CC(C)(C)N[Si](C)(C)C(C)(C)C. The van der Waals surface area contributed by atoms with Crippen LogP contribution in [0, 0.1) is 0 Å². The second kappa shape index (κ2) is 3.15. The molecule has 0 heterocycles. The van der Waals surface area contributed by atoms with E-state index in [9.17, 15) is 0 Å². The van der Waals surface area contributed by atoms with Crippen LogP contribution in [0.4, 0.5) is 0 Å². The van der Waals surface area contributed by atoms with Crippen LogP contribution in [-0.4, -0.2) is 13.8 Å². The van der Waals surface area contributed by atoms with Crippen LogP contribution in [0.25, 0.3) is 0 Å². The Labute approximate surface area is 79.0 Å². The van der Waals surface area contributed by atoms with Crippen molar-refractivity contribution < 1.29 is 0 Å². The van der Waals surface area contributed by atoms with E-state index in [-0.39, 0.29) is 5.54 Å². The molecule has 0 amide bonds. The molecule has 0 radical (unpaired) electrons. The van der Waals surface area contributed by atoms with Gasteiger partial charge in [-0.05, 0) is 25.8 Å². The van der Waals surface area contributed by atoms with E-state index in [1.165, 1.54) is 0 Å². The highest BCUT2D eigenvalue weighted by atomic mass is 28.3. The summed E-state index contributed by atoms with van der Waals surface area (Å²) in [6.07, 6.45) is 0. The summed E-state index contributed by atoms with van der Waals surface area (Å²) in [7, 11) is -1.29. The van der Waals surface area contributed by atoms with Gasteiger partial charge < -0.3 is 4.98 Å². The molecule has 0 saturated carbocycles. The average molecular weight is 187 g/mol. The Morgan fingerprint density at radius 3 is 1.25 bits per heavy atom. The van der Waals surface area contributed by atoms with Crippen molar-refractivity contribution in [1.82, 2.24) is 4.98 Å². The normalized spacial score (nSPS) is 15.0. The average Bonchev–Trinajstić information content (AvgIpc) is 1.52. The van der Waals surface area contributed by atoms with Crippen LogP contribution < -0.4 is 4.98 Å². The molecule has 0 aromatic rings. The zero-order valence-electron chi connectivity index (χ0n) is 10.0. The summed E-state index contributed by atoms with van der Waals surface area (Å²) in [5.74, 6) is 0. The molecule has 0 aliphatic carbocycles. The molecule has 0 atom stereocenters. The molecule has 0 spiro atoms. The number of rotatable bonds is 1. The van der Waals surface area contributed by atoms with E-state index < -0.39 is 8.24 Å². The quantitative estimate of drug-likeness (QED) is 0.621. The molecule has 0 fully saturated rings. The molecule has 2 heteroatoms. The predicted molar refractivity (Wildman–Crippen MR) is 60.1 cm³/mol. The van der Waals surface area contributed by atoms with E-state index in [2.05, 4.69) is 59.6 Å². The lowest BCUT2D eigenvalue weighted by molar-refractivity contribution is 0.494. The first-order valence-corrected chi connectivity index (χ1v) is 7.75. The van der Waals surface area contributed by atoms with Gasteiger partial charge in [-0.15, -0.1) is 0 Å². The molecule has 0 aromatic carbocycles. The van der Waals surface area contributed by atoms with Gasteiger partial charge in [0.1, 0.15) is 8.24 Å². The Hall–Kier alpha value is 0.177. The minimum absolute atomic E-state index is 0.253. The van der Waals surface area contributed by atoms with Crippen molar-refractivity contribution in [2.24, 2.45) is 0 Å². The van der Waals surface area contributed by atoms with Crippen LogP contribution in [0.3, 0.4) is 0 Å². The third-order valence-corrected chi connectivity index (χ3v) is 7.69. The van der Waals surface area contributed by atoms with Crippen molar-refractivity contribution in [3.05, 3.63) is 0 Å². The highest BCUT2D eigenvalue weighted by Gasteiger charge is 2.37. The van der Waals surface area contributed by atoms with E-state index >= 15 is 0 Å². The summed E-state index contributed by atoms with van der Waals surface area (Å²) in [6, 6.07) is 0. The Morgan fingerprint density at radius 1 is 0.833 bits per heavy atom. The van der Waals surface area contributed by atoms with Gasteiger partial charge in [0, 0.05) is 5.54 Å². The molecule has 1 N–H and O–H groups in total. The van der Waals surface area contributed by atoms with Crippen molar-refractivity contribution in [2.45, 2.75) is 65.2 Å². The maximum absolute atomic E-state index is 3.77. The molecule has 0 rings (SSSR count). The van der Waals surface area contributed by atoms with E-state index in [1.54, 1.807) is 0 Å². The Bertz CT molecular complexity index is 148. The van der Waals surface area contributed by atoms with Gasteiger partial charge in [-0.2, -0.15) is 0 Å². The van der Waals surface area contributed by atoms with Crippen molar-refractivity contribution in [1.29, 1.82) is 0 Å². The Kier molecular flexibility index (Phi) is 3.19. The van der Waals surface area contributed by atoms with E-state index in [0.29, 0.717) is 5.04 Å². The molecule has 0 saturated heterocycles. The molecule has 0 aromatic heterocycles. The van der Waals surface area contributed by atoms with Crippen LogP contribution in [-0.2, 0) is 0 Å². The molecule has 74 valence electrons. The summed E-state index contributed by atoms with van der Waals surface area (Å²) in [5.41, 5.74) is 0.253. The molecule has 0 bridgehead atoms. The first kappa shape index (κ1) is 12.2. The minimum Gasteiger partial charge on any atom is -0.332 e. The predicted octanol–water partition coefficient (Wildman–Crippen LogP) is 3.38. The van der Waals surface area contributed by atoms with Crippen molar-refractivity contribution in [3.63, 3.8) is 0 Å². The number of hydrogen-bond donors (Lipinski definition) is 1. The molecule has 0 aliphatic heterocycles. The second-order valence-corrected chi connectivity index (χ2v) is 11.2. The summed E-state index contributed by atoms with van der Waals surface area (Å²) in [6.45, 7) is 18.5. The fourth-order valence-corrected chi connectivity index (χ4v) is 3.38. The third-order valence-electron chi connectivity index (χ3n) is 2.56. The summed E-state index contributed by atoms with van der Waals surface area (Å²) < 4.78 is 0. The van der Waals surface area contributed by atoms with Crippen molar-refractivity contribution >= 4 is 8.24 Å². The Balaban J connectivity index is 4.44. The van der Waals surface area contributed by atoms with E-state index in [1.807, 2.05) is 0 Å². The molecule has 12 heavy (non-hydrogen) atoms. The van der Waals surface area contributed by atoms with Crippen molar-refractivity contribution in [2.75, 3.05) is 0 Å². The minimum atomic E-state index is -1.29. The van der Waals surface area contributed by atoms with Gasteiger partial charge in [0.15, 0.2) is 0 Å². The maximum Gasteiger partial charge on any atom is 0.125 e. The summed E-state index contributed by atoms with van der Waals surface area (Å²) in [4.78, 5) is 3.77. The second-order valence-electron chi connectivity index (χ2n) is 6.25. The maximum atomic E-state index is 3.77. The topological polar surface area (TPSA) is 12.0 Å². The zero-order chi connectivity index (χ0) is 10.2. The van der Waals surface area contributed by atoms with E-state index in [4.69, 9.17) is 0 Å². The number of nitrogens with one attached hydrogen (secondary N) is 1. The van der Waals surface area contributed by atoms with Gasteiger partial charge in [-0.3, -0.25) is 0 Å². The van der Waals surface area contributed by atoms with Crippen molar-refractivity contribution in [3.8, 4) is 0 Å². The van der Waals surface area contributed by atoms with Crippen LogP contribution in [0.5, 0.6) is 0 Å². The standard InChI is InChI=1S/C10H25NSi/c1-9(2,3)11-12(7,8)10(4,5)6/h11H,1-8H3. The lowest BCUT2D eigenvalue weighted by Gasteiger charge is -2.42. The van der Waals surface area contributed by atoms with Gasteiger partial charge in [0.05, 0.1) is 0 Å². The Morgan fingerprint density at radius 2 is 1.17 bits per heavy atom. The fourth-order valence-electron chi connectivity index (χ4n) is 1.12. The molecule has 1 nitrogen and oxygen atoms in total. The van der Waals surface area contributed by atoms with Gasteiger partial charge in [-0.25, -0.2) is 0 Å². The third kappa shape index (κ3) is 3.72. The number of hydrogen-bond acceptors (Lipinski definition) is 1. The van der Waals surface area contributed by atoms with Crippen LogP contribution in [0.2, 0.25) is 18.1 Å². The summed E-state index contributed by atoms with van der Waals surface area (Å²) in [5, 5.41) is 0.431. The smallest absolute Gasteiger partial charge is 0.125 e. The highest BCUT2D eigenvalue weighted by Crippen LogP contribution is 2.34. The van der Waals surface area contributed by atoms with Gasteiger partial charge >= 0.3 is 0 Å². The van der Waals surface area contributed by atoms with Gasteiger partial charge in [0.25, 0.3) is 0 Å². The molecular formula is C10H25NSi. The lowest BCUT2D eigenvalue weighted by Crippen LogP contribution is -2.59.